The Bertz CT molecular complexity index is 3230. The minimum Gasteiger partial charge on any atom is -0.208 e. The Kier molecular flexibility index (Phi) is 7.87. The number of fused-ring (bicyclic) bond motifs is 6. The fourth-order valence-corrected chi connectivity index (χ4v) is 10.1. The molecule has 0 aliphatic carbocycles. The first-order chi connectivity index (χ1) is 27.7. The molecule has 0 unspecified atom stereocenters. The van der Waals surface area contributed by atoms with E-state index >= 15 is 0 Å². The first kappa shape index (κ1) is 32.6. The fraction of sp³-hybridized carbons (Fsp3) is 0. The van der Waals surface area contributed by atoms with Crippen LogP contribution in [-0.2, 0) is 0 Å². The molecule has 0 fully saturated rings. The second-order valence-electron chi connectivity index (χ2n) is 14.0. The highest BCUT2D eigenvalue weighted by molar-refractivity contribution is 7.26. The van der Waals surface area contributed by atoms with Gasteiger partial charge in [0, 0.05) is 57.0 Å². The van der Waals surface area contributed by atoms with Crippen molar-refractivity contribution in [3.05, 3.63) is 188 Å². The van der Waals surface area contributed by atoms with E-state index in [0.717, 1.165) is 38.9 Å². The molecule has 0 N–H and O–H groups in total. The molecule has 3 aromatic heterocycles. The standard InChI is InChI=1S/C51H31N3S2/c1-2-11-35(12-3-1)38-13-4-5-16-42(38)50-52-49(53-51(54-50)43-18-10-17-41-39-14-6-9-20-46(39)56-48(41)43)36-27-25-33(26-28-36)32-21-23-34(24-22-32)37-29-30-47-44(31-37)40-15-7-8-19-45(40)55-47/h1-31H. The van der Waals surface area contributed by atoms with E-state index in [1.807, 2.05) is 17.4 Å². The third-order valence-electron chi connectivity index (χ3n) is 10.6. The SMILES string of the molecule is c1ccc(-c2ccccc2-c2nc(-c3ccc(-c4ccc(-c5ccc6sc7ccccc7c6c5)cc4)cc3)nc(-c3cccc4c3sc3ccccc34)n2)cc1. The van der Waals surface area contributed by atoms with Gasteiger partial charge in [-0.2, -0.15) is 0 Å². The number of hydrogen-bond acceptors (Lipinski definition) is 5. The zero-order chi connectivity index (χ0) is 37.0. The number of aromatic nitrogens is 3. The first-order valence-corrected chi connectivity index (χ1v) is 20.3. The number of rotatable bonds is 6. The molecule has 5 heteroatoms. The van der Waals surface area contributed by atoms with Crippen LogP contribution in [0.4, 0.5) is 0 Å². The van der Waals surface area contributed by atoms with Gasteiger partial charge in [0.15, 0.2) is 17.5 Å². The molecular weight excluding hydrogens is 719 g/mol. The summed E-state index contributed by atoms with van der Waals surface area (Å²) in [5, 5.41) is 5.10. The van der Waals surface area contributed by atoms with Crippen molar-refractivity contribution in [2.24, 2.45) is 0 Å². The average molecular weight is 750 g/mol. The molecule has 0 atom stereocenters. The molecule has 0 aliphatic heterocycles. The minimum absolute atomic E-state index is 0.643. The summed E-state index contributed by atoms with van der Waals surface area (Å²) in [6, 6.07) is 66.8. The molecule has 11 aromatic rings. The van der Waals surface area contributed by atoms with Crippen molar-refractivity contribution in [2.75, 3.05) is 0 Å². The lowest BCUT2D eigenvalue weighted by Gasteiger charge is -2.12. The van der Waals surface area contributed by atoms with E-state index in [0.29, 0.717) is 17.5 Å². The molecule has 0 aliphatic rings. The molecule has 8 aromatic carbocycles. The largest absolute Gasteiger partial charge is 0.208 e. The van der Waals surface area contributed by atoms with Gasteiger partial charge in [0.25, 0.3) is 0 Å². The lowest BCUT2D eigenvalue weighted by Crippen LogP contribution is -2.01. The van der Waals surface area contributed by atoms with Gasteiger partial charge in [-0.3, -0.25) is 0 Å². The molecule has 0 amide bonds. The summed E-state index contributed by atoms with van der Waals surface area (Å²) in [4.78, 5) is 15.6. The zero-order valence-electron chi connectivity index (χ0n) is 30.1. The van der Waals surface area contributed by atoms with Crippen molar-refractivity contribution in [1.82, 2.24) is 15.0 Å². The molecule has 3 heterocycles. The highest BCUT2D eigenvalue weighted by atomic mass is 32.1. The second kappa shape index (κ2) is 13.5. The van der Waals surface area contributed by atoms with E-state index < -0.39 is 0 Å². The Morgan fingerprint density at radius 3 is 1.48 bits per heavy atom. The van der Waals surface area contributed by atoms with Gasteiger partial charge in [-0.05, 0) is 63.7 Å². The van der Waals surface area contributed by atoms with Crippen LogP contribution in [0.3, 0.4) is 0 Å². The lowest BCUT2D eigenvalue weighted by molar-refractivity contribution is 1.08. The van der Waals surface area contributed by atoms with E-state index in [-0.39, 0.29) is 0 Å². The summed E-state index contributed by atoms with van der Waals surface area (Å²) in [7, 11) is 0. The molecule has 0 saturated heterocycles. The second-order valence-corrected chi connectivity index (χ2v) is 16.1. The number of thiophene rings is 2. The molecule has 0 saturated carbocycles. The average Bonchev–Trinajstić information content (AvgIpc) is 3.85. The van der Waals surface area contributed by atoms with Crippen LogP contribution in [0.15, 0.2) is 188 Å². The maximum absolute atomic E-state index is 5.22. The lowest BCUT2D eigenvalue weighted by atomic mass is 9.98. The maximum atomic E-state index is 5.22. The van der Waals surface area contributed by atoms with E-state index in [1.165, 1.54) is 51.5 Å². The summed E-state index contributed by atoms with van der Waals surface area (Å²) in [6.45, 7) is 0. The molecule has 262 valence electrons. The van der Waals surface area contributed by atoms with Crippen LogP contribution < -0.4 is 0 Å². The molecule has 0 spiro atoms. The molecule has 0 radical (unpaired) electrons. The molecular formula is C51H31N3S2. The Balaban J connectivity index is 0.986. The van der Waals surface area contributed by atoms with Gasteiger partial charge in [0.2, 0.25) is 0 Å². The Morgan fingerprint density at radius 2 is 0.750 bits per heavy atom. The molecule has 3 nitrogen and oxygen atoms in total. The summed E-state index contributed by atoms with van der Waals surface area (Å²) in [5.74, 6) is 1.96. The van der Waals surface area contributed by atoms with E-state index in [9.17, 15) is 0 Å². The highest BCUT2D eigenvalue weighted by Gasteiger charge is 2.18. The van der Waals surface area contributed by atoms with Crippen molar-refractivity contribution >= 4 is 63.0 Å². The van der Waals surface area contributed by atoms with Crippen LogP contribution in [0.25, 0.3) is 108 Å². The van der Waals surface area contributed by atoms with Gasteiger partial charge in [0.05, 0.1) is 0 Å². The van der Waals surface area contributed by atoms with Crippen LogP contribution in [0.2, 0.25) is 0 Å². The smallest absolute Gasteiger partial charge is 0.165 e. The summed E-state index contributed by atoms with van der Waals surface area (Å²) in [6.07, 6.45) is 0. The van der Waals surface area contributed by atoms with Crippen molar-refractivity contribution < 1.29 is 0 Å². The monoisotopic (exact) mass is 749 g/mol. The first-order valence-electron chi connectivity index (χ1n) is 18.7. The van der Waals surface area contributed by atoms with Gasteiger partial charge >= 0.3 is 0 Å². The fourth-order valence-electron chi connectivity index (χ4n) is 7.79. The van der Waals surface area contributed by atoms with Crippen LogP contribution >= 0.6 is 22.7 Å². The maximum Gasteiger partial charge on any atom is 0.165 e. The number of hydrogen-bond donors (Lipinski definition) is 0. The van der Waals surface area contributed by atoms with Crippen molar-refractivity contribution in [1.29, 1.82) is 0 Å². The van der Waals surface area contributed by atoms with Gasteiger partial charge in [-0.1, -0.05) is 158 Å². The van der Waals surface area contributed by atoms with Crippen LogP contribution in [-0.4, -0.2) is 15.0 Å². The normalized spacial score (nSPS) is 11.6. The Labute approximate surface area is 331 Å². The van der Waals surface area contributed by atoms with E-state index in [4.69, 9.17) is 15.0 Å². The van der Waals surface area contributed by atoms with Crippen molar-refractivity contribution in [3.8, 4) is 67.5 Å². The van der Waals surface area contributed by atoms with Gasteiger partial charge in [-0.15, -0.1) is 22.7 Å². The summed E-state index contributed by atoms with van der Waals surface area (Å²) >= 11 is 3.64. The highest BCUT2D eigenvalue weighted by Crippen LogP contribution is 2.41. The molecule has 11 rings (SSSR count). The summed E-state index contributed by atoms with van der Waals surface area (Å²) < 4.78 is 5.07. The summed E-state index contributed by atoms with van der Waals surface area (Å²) in [5.41, 5.74) is 9.84. The van der Waals surface area contributed by atoms with Crippen molar-refractivity contribution in [3.63, 3.8) is 0 Å². The molecule has 56 heavy (non-hydrogen) atoms. The van der Waals surface area contributed by atoms with Gasteiger partial charge in [-0.25, -0.2) is 15.0 Å². The van der Waals surface area contributed by atoms with Crippen molar-refractivity contribution in [2.45, 2.75) is 0 Å². The predicted octanol–water partition coefficient (Wildman–Crippen LogP) is 14.6. The minimum atomic E-state index is 0.643. The third kappa shape index (κ3) is 5.68. The number of nitrogens with zero attached hydrogens (tertiary/aromatic N) is 3. The van der Waals surface area contributed by atoms with E-state index in [1.54, 1.807) is 11.3 Å². The number of benzene rings is 8. The van der Waals surface area contributed by atoms with Crippen LogP contribution in [0.1, 0.15) is 0 Å². The molecule has 0 bridgehead atoms. The Morgan fingerprint density at radius 1 is 0.268 bits per heavy atom. The third-order valence-corrected chi connectivity index (χ3v) is 13.0. The van der Waals surface area contributed by atoms with Gasteiger partial charge < -0.3 is 0 Å². The van der Waals surface area contributed by atoms with Gasteiger partial charge in [0.1, 0.15) is 0 Å². The Hall–Kier alpha value is -6.79. The van der Waals surface area contributed by atoms with Crippen LogP contribution in [0.5, 0.6) is 0 Å². The predicted molar refractivity (Wildman–Crippen MR) is 238 cm³/mol. The zero-order valence-corrected chi connectivity index (χ0v) is 31.7. The quantitative estimate of drug-likeness (QED) is 0.170. The van der Waals surface area contributed by atoms with E-state index in [2.05, 4.69) is 182 Å². The topological polar surface area (TPSA) is 38.7 Å². The van der Waals surface area contributed by atoms with Crippen LogP contribution in [0, 0.1) is 0 Å².